The van der Waals surface area contributed by atoms with E-state index in [1.54, 1.807) is 61.2 Å². The molecule has 1 saturated heterocycles. The Morgan fingerprint density at radius 3 is 2.49 bits per heavy atom. The first-order valence-corrected chi connectivity index (χ1v) is 11.9. The largest absolute Gasteiger partial charge is 0.872 e. The van der Waals surface area contributed by atoms with Crippen molar-refractivity contribution in [3.8, 4) is 5.75 Å². The molecule has 1 fully saturated rings. The molecule has 1 aliphatic rings. The predicted octanol–water partition coefficient (Wildman–Crippen LogP) is 3.21. The van der Waals surface area contributed by atoms with Gasteiger partial charge in [-0.1, -0.05) is 53.8 Å². The van der Waals surface area contributed by atoms with Crippen molar-refractivity contribution in [1.29, 1.82) is 0 Å². The molecule has 2 aromatic carbocycles. The topological polar surface area (TPSA) is 96.7 Å². The summed E-state index contributed by atoms with van der Waals surface area (Å²) >= 11 is 0. The fourth-order valence-electron chi connectivity index (χ4n) is 4.47. The fraction of sp³-hybridized carbons (Fsp3) is 0.133. The number of carbonyl (C=O) groups excluding carboxylic acids is 2. The second kappa shape index (κ2) is 10.5. The number of ketones is 1. The standard InChI is InChI=1S/C30H25N3O4/c1-20-4-2-5-22(16-20)19-37-25-9-7-23(8-10-25)28(34)26-27(24-6-3-13-32-17-24)33(30(36)29(26)35)18-21-11-14-31-15-12-21/h2-17,27,34H,18-19H2,1H3. The molecule has 4 aromatic rings. The molecule has 0 bridgehead atoms. The number of nitrogens with zero attached hydrogens (tertiary/aromatic N) is 2. The van der Waals surface area contributed by atoms with Crippen LogP contribution in [0.25, 0.3) is 5.76 Å². The smallest absolute Gasteiger partial charge is 0.295 e. The molecule has 0 aliphatic carbocycles. The minimum Gasteiger partial charge on any atom is -0.872 e. The number of ether oxygens (including phenoxy) is 1. The number of pyridine rings is 2. The minimum absolute atomic E-state index is 0.0751. The van der Waals surface area contributed by atoms with Crippen LogP contribution < -0.4 is 14.8 Å². The number of amides is 1. The molecule has 1 atom stereocenters. The van der Waals surface area contributed by atoms with Gasteiger partial charge in [0.1, 0.15) is 12.4 Å². The van der Waals surface area contributed by atoms with Crippen molar-refractivity contribution in [2.45, 2.75) is 26.1 Å². The van der Waals surface area contributed by atoms with E-state index < -0.39 is 23.5 Å². The predicted molar refractivity (Wildman–Crippen MR) is 134 cm³/mol. The van der Waals surface area contributed by atoms with Crippen LogP contribution in [0.15, 0.2) is 103 Å². The lowest BCUT2D eigenvalue weighted by atomic mass is 9.96. The number of hydrogen-bond donors (Lipinski definition) is 0. The van der Waals surface area contributed by atoms with Gasteiger partial charge in [-0.25, -0.2) is 4.98 Å². The number of likely N-dealkylation sites (tertiary alicyclic amines) is 1. The number of aromatic amines is 1. The molecule has 5 rings (SSSR count). The number of benzene rings is 2. The van der Waals surface area contributed by atoms with Gasteiger partial charge in [-0.2, -0.15) is 0 Å². The number of carbonyl (C=O) groups is 2. The van der Waals surface area contributed by atoms with Crippen molar-refractivity contribution >= 4 is 17.4 Å². The van der Waals surface area contributed by atoms with Crippen LogP contribution in [-0.4, -0.2) is 21.6 Å². The van der Waals surface area contributed by atoms with E-state index in [-0.39, 0.29) is 12.1 Å². The molecule has 7 heteroatoms. The van der Waals surface area contributed by atoms with Crippen LogP contribution in [0, 0.1) is 6.92 Å². The van der Waals surface area contributed by atoms with Gasteiger partial charge >= 0.3 is 0 Å². The summed E-state index contributed by atoms with van der Waals surface area (Å²) in [5.41, 5.74) is 3.86. The molecule has 7 nitrogen and oxygen atoms in total. The second-order valence-electron chi connectivity index (χ2n) is 8.90. The molecule has 1 unspecified atom stereocenters. The molecule has 0 spiro atoms. The summed E-state index contributed by atoms with van der Waals surface area (Å²) < 4.78 is 5.86. The van der Waals surface area contributed by atoms with Crippen LogP contribution in [0.1, 0.15) is 33.9 Å². The van der Waals surface area contributed by atoms with E-state index in [1.807, 2.05) is 37.3 Å². The van der Waals surface area contributed by atoms with Gasteiger partial charge in [0.05, 0.1) is 6.04 Å². The van der Waals surface area contributed by atoms with E-state index in [2.05, 4.69) is 16.0 Å². The maximum Gasteiger partial charge on any atom is 0.295 e. The first kappa shape index (κ1) is 23.9. The maximum atomic E-state index is 13.6. The Balaban J connectivity index is 1.45. The van der Waals surface area contributed by atoms with Crippen molar-refractivity contribution in [3.05, 3.63) is 131 Å². The maximum absolute atomic E-state index is 13.6. The fourth-order valence-corrected chi connectivity index (χ4v) is 4.47. The van der Waals surface area contributed by atoms with Gasteiger partial charge in [-0.3, -0.25) is 14.6 Å². The van der Waals surface area contributed by atoms with Gasteiger partial charge in [-0.15, -0.1) is 0 Å². The zero-order chi connectivity index (χ0) is 25.8. The van der Waals surface area contributed by atoms with Gasteiger partial charge in [0.25, 0.3) is 5.91 Å². The molecule has 3 heterocycles. The van der Waals surface area contributed by atoms with Crippen molar-refractivity contribution in [1.82, 2.24) is 9.88 Å². The van der Waals surface area contributed by atoms with E-state index in [9.17, 15) is 14.7 Å². The molecule has 1 N–H and O–H groups in total. The van der Waals surface area contributed by atoms with Crippen LogP contribution in [0.2, 0.25) is 0 Å². The number of nitrogens with one attached hydrogen (secondary N) is 1. The summed E-state index contributed by atoms with van der Waals surface area (Å²) in [7, 11) is 0. The minimum atomic E-state index is -0.831. The Hall–Kier alpha value is -4.78. The Kier molecular flexibility index (Phi) is 6.76. The molecule has 0 radical (unpaired) electrons. The third-order valence-electron chi connectivity index (χ3n) is 6.27. The normalized spacial score (nSPS) is 16.7. The van der Waals surface area contributed by atoms with Crippen LogP contribution in [0.5, 0.6) is 5.75 Å². The molecule has 0 saturated carbocycles. The Morgan fingerprint density at radius 2 is 1.78 bits per heavy atom. The average molecular weight is 492 g/mol. The van der Waals surface area contributed by atoms with Gasteiger partial charge in [-0.05, 0) is 47.4 Å². The van der Waals surface area contributed by atoms with Crippen LogP contribution in [-0.2, 0) is 22.7 Å². The summed E-state index contributed by atoms with van der Waals surface area (Å²) in [6.07, 6.45) is 6.68. The zero-order valence-electron chi connectivity index (χ0n) is 20.3. The third-order valence-corrected chi connectivity index (χ3v) is 6.27. The zero-order valence-corrected chi connectivity index (χ0v) is 20.3. The number of H-pyrrole nitrogens is 1. The highest BCUT2D eigenvalue weighted by Crippen LogP contribution is 2.39. The first-order valence-electron chi connectivity index (χ1n) is 11.9. The van der Waals surface area contributed by atoms with Crippen molar-refractivity contribution in [2.24, 2.45) is 0 Å². The molecular formula is C30H25N3O4. The lowest BCUT2D eigenvalue weighted by Gasteiger charge is -2.27. The van der Waals surface area contributed by atoms with E-state index >= 15 is 0 Å². The van der Waals surface area contributed by atoms with Gasteiger partial charge in [0, 0.05) is 36.6 Å². The lowest BCUT2D eigenvalue weighted by molar-refractivity contribution is -0.378. The van der Waals surface area contributed by atoms with Crippen LogP contribution in [0.4, 0.5) is 0 Å². The van der Waals surface area contributed by atoms with Crippen molar-refractivity contribution < 1.29 is 24.4 Å². The second-order valence-corrected chi connectivity index (χ2v) is 8.90. The number of hydrogen-bond acceptors (Lipinski definition) is 5. The Labute approximate surface area is 214 Å². The lowest BCUT2D eigenvalue weighted by Crippen LogP contribution is -2.29. The molecule has 1 amide bonds. The third kappa shape index (κ3) is 5.11. The number of aryl methyl sites for hydroxylation is 1. The quantitative estimate of drug-likeness (QED) is 0.225. The number of Topliss-reactive ketones (excluding diaryl/α,β-unsaturated/α-hetero) is 1. The molecule has 1 aliphatic heterocycles. The summed E-state index contributed by atoms with van der Waals surface area (Å²) in [6.45, 7) is 2.60. The van der Waals surface area contributed by atoms with Gasteiger partial charge < -0.3 is 14.7 Å². The van der Waals surface area contributed by atoms with Crippen molar-refractivity contribution in [2.75, 3.05) is 0 Å². The molecule has 37 heavy (non-hydrogen) atoms. The van der Waals surface area contributed by atoms with Crippen LogP contribution in [0.3, 0.4) is 0 Å². The average Bonchev–Trinajstić information content (AvgIpc) is 3.18. The highest BCUT2D eigenvalue weighted by molar-refractivity contribution is 6.46. The number of rotatable bonds is 7. The Bertz CT molecular complexity index is 1450. The van der Waals surface area contributed by atoms with E-state index in [1.165, 1.54) is 4.90 Å². The first-order chi connectivity index (χ1) is 18.0. The summed E-state index contributed by atoms with van der Waals surface area (Å²) in [4.78, 5) is 34.8. The summed E-state index contributed by atoms with van der Waals surface area (Å²) in [5, 5.41) is 13.6. The molecule has 184 valence electrons. The van der Waals surface area contributed by atoms with E-state index in [0.29, 0.717) is 23.5 Å². The number of aromatic nitrogens is 2. The monoisotopic (exact) mass is 491 g/mol. The molecular weight excluding hydrogens is 466 g/mol. The Morgan fingerprint density at radius 1 is 1.00 bits per heavy atom. The summed E-state index contributed by atoms with van der Waals surface area (Å²) in [5.74, 6) is -1.38. The van der Waals surface area contributed by atoms with Crippen LogP contribution >= 0.6 is 0 Å². The highest BCUT2D eigenvalue weighted by atomic mass is 16.5. The van der Waals surface area contributed by atoms with Gasteiger partial charge in [0.15, 0.2) is 12.4 Å². The van der Waals surface area contributed by atoms with Gasteiger partial charge in [0.2, 0.25) is 5.78 Å². The van der Waals surface area contributed by atoms with E-state index in [4.69, 9.17) is 4.74 Å². The summed E-state index contributed by atoms with van der Waals surface area (Å²) in [6, 6.07) is 21.0. The molecule has 2 aromatic heterocycles. The van der Waals surface area contributed by atoms with Crippen molar-refractivity contribution in [3.63, 3.8) is 0 Å². The SMILES string of the molecule is Cc1cccc(COc2ccc(C([O-])=C3C(=O)C(=O)N(Cc4cc[nH+]cc4)C3c3cccnc3)cc2)c1. The van der Waals surface area contributed by atoms with E-state index in [0.717, 1.165) is 16.7 Å². The highest BCUT2D eigenvalue weighted by Gasteiger charge is 2.44.